The Morgan fingerprint density at radius 1 is 1.38 bits per heavy atom. The number of carbonyl (C=O) groups excluding carboxylic acids is 3. The van der Waals surface area contributed by atoms with E-state index in [1.54, 1.807) is 6.08 Å². The van der Waals surface area contributed by atoms with Gasteiger partial charge in [-0.05, 0) is 26.2 Å². The zero-order chi connectivity index (χ0) is 12.1. The molecule has 0 aromatic carbocycles. The summed E-state index contributed by atoms with van der Waals surface area (Å²) < 4.78 is 0. The quantitative estimate of drug-likeness (QED) is 0.431. The van der Waals surface area contributed by atoms with Crippen molar-refractivity contribution in [1.29, 1.82) is 0 Å². The van der Waals surface area contributed by atoms with Crippen molar-refractivity contribution >= 4 is 17.8 Å². The van der Waals surface area contributed by atoms with Crippen LogP contribution in [-0.2, 0) is 9.59 Å². The largest absolute Gasteiger partial charge is 0.330 e. The van der Waals surface area contributed by atoms with Gasteiger partial charge in [-0.3, -0.25) is 19.8 Å². The predicted molar refractivity (Wildman–Crippen MR) is 58.5 cm³/mol. The first-order valence-corrected chi connectivity index (χ1v) is 5.35. The van der Waals surface area contributed by atoms with E-state index in [0.717, 1.165) is 24.2 Å². The Kier molecular flexibility index (Phi) is 4.22. The fraction of sp³-hybridized carbons (Fsp3) is 0.545. The van der Waals surface area contributed by atoms with Crippen molar-refractivity contribution in [1.82, 2.24) is 10.2 Å². The van der Waals surface area contributed by atoms with E-state index in [2.05, 4.69) is 11.9 Å². The number of carbonyl (C=O) groups is 3. The van der Waals surface area contributed by atoms with E-state index in [1.807, 2.05) is 0 Å². The summed E-state index contributed by atoms with van der Waals surface area (Å²) in [5.74, 6) is -1.69. The number of urea groups is 1. The maximum absolute atomic E-state index is 11.6. The third kappa shape index (κ3) is 2.68. The Balaban J connectivity index is 2.51. The number of unbranched alkanes of at least 4 members (excludes halogenated alkanes) is 2. The number of hydrogen-bond acceptors (Lipinski definition) is 3. The molecule has 1 aliphatic heterocycles. The highest BCUT2D eigenvalue weighted by Crippen LogP contribution is 2.11. The lowest BCUT2D eigenvalue weighted by Crippen LogP contribution is -2.57. The summed E-state index contributed by atoms with van der Waals surface area (Å²) in [6.07, 6.45) is 4.26. The maximum Gasteiger partial charge on any atom is 0.330 e. The van der Waals surface area contributed by atoms with Gasteiger partial charge in [0.25, 0.3) is 0 Å². The first-order valence-electron chi connectivity index (χ1n) is 5.35. The van der Waals surface area contributed by atoms with Crippen LogP contribution in [0.3, 0.4) is 0 Å². The van der Waals surface area contributed by atoms with Crippen LogP contribution in [0.5, 0.6) is 0 Å². The molecule has 5 nitrogen and oxygen atoms in total. The number of hydrogen-bond donors (Lipinski definition) is 1. The number of rotatable bonds is 5. The van der Waals surface area contributed by atoms with Gasteiger partial charge in [0.2, 0.25) is 11.8 Å². The SMILES string of the molecule is C=CCCCCN1C(=O)NC(=O)C(C)C1=O. The molecule has 1 N–H and O–H groups in total. The maximum atomic E-state index is 11.6. The van der Waals surface area contributed by atoms with Crippen LogP contribution in [0.2, 0.25) is 0 Å². The molecule has 88 valence electrons. The smallest absolute Gasteiger partial charge is 0.277 e. The monoisotopic (exact) mass is 224 g/mol. The molecular formula is C11H16N2O3. The molecule has 1 saturated heterocycles. The van der Waals surface area contributed by atoms with Gasteiger partial charge in [-0.15, -0.1) is 6.58 Å². The minimum atomic E-state index is -0.767. The fourth-order valence-corrected chi connectivity index (χ4v) is 1.50. The first-order chi connectivity index (χ1) is 7.57. The molecule has 0 radical (unpaired) electrons. The zero-order valence-corrected chi connectivity index (χ0v) is 9.36. The Hall–Kier alpha value is -1.65. The summed E-state index contributed by atoms with van der Waals surface area (Å²) in [4.78, 5) is 35.3. The van der Waals surface area contributed by atoms with Crippen LogP contribution in [-0.4, -0.2) is 29.3 Å². The molecule has 0 saturated carbocycles. The van der Waals surface area contributed by atoms with Crippen molar-refractivity contribution in [2.75, 3.05) is 6.54 Å². The van der Waals surface area contributed by atoms with Gasteiger partial charge < -0.3 is 0 Å². The van der Waals surface area contributed by atoms with Gasteiger partial charge in [-0.25, -0.2) is 4.79 Å². The lowest BCUT2D eigenvalue weighted by Gasteiger charge is -2.28. The molecule has 5 heteroatoms. The summed E-state index contributed by atoms with van der Waals surface area (Å²) in [5.41, 5.74) is 0. The van der Waals surface area contributed by atoms with E-state index >= 15 is 0 Å². The number of imide groups is 2. The van der Waals surface area contributed by atoms with Gasteiger partial charge in [-0.1, -0.05) is 6.08 Å². The second kappa shape index (κ2) is 5.44. The first kappa shape index (κ1) is 12.4. The van der Waals surface area contributed by atoms with Gasteiger partial charge in [0.15, 0.2) is 0 Å². The summed E-state index contributed by atoms with van der Waals surface area (Å²) in [7, 11) is 0. The third-order valence-electron chi connectivity index (χ3n) is 2.54. The number of nitrogens with one attached hydrogen (secondary N) is 1. The topological polar surface area (TPSA) is 66.5 Å². The average Bonchev–Trinajstić information content (AvgIpc) is 2.25. The van der Waals surface area contributed by atoms with Crippen LogP contribution in [0.1, 0.15) is 26.2 Å². The highest BCUT2D eigenvalue weighted by Gasteiger charge is 2.36. The summed E-state index contributed by atoms with van der Waals surface area (Å²) >= 11 is 0. The molecule has 1 rings (SSSR count). The highest BCUT2D eigenvalue weighted by molar-refractivity contribution is 6.15. The lowest BCUT2D eigenvalue weighted by molar-refractivity contribution is -0.141. The Morgan fingerprint density at radius 2 is 2.06 bits per heavy atom. The second-order valence-electron chi connectivity index (χ2n) is 3.79. The molecule has 0 aromatic rings. The standard InChI is InChI=1S/C11H16N2O3/c1-3-4-5-6-7-13-10(15)8(2)9(14)12-11(13)16/h3,8H,1,4-7H2,2H3,(H,12,14,16). The Bertz CT molecular complexity index is 325. The minimum Gasteiger partial charge on any atom is -0.277 e. The van der Waals surface area contributed by atoms with Crippen LogP contribution < -0.4 is 5.32 Å². The van der Waals surface area contributed by atoms with Crippen molar-refractivity contribution in [2.45, 2.75) is 26.2 Å². The molecule has 4 amide bonds. The normalized spacial score (nSPS) is 20.9. The highest BCUT2D eigenvalue weighted by atomic mass is 16.2. The molecule has 1 heterocycles. The van der Waals surface area contributed by atoms with Crippen LogP contribution >= 0.6 is 0 Å². The van der Waals surface area contributed by atoms with Gasteiger partial charge in [0.05, 0.1) is 0 Å². The van der Waals surface area contributed by atoms with Gasteiger partial charge in [0, 0.05) is 6.54 Å². The number of allylic oxidation sites excluding steroid dienone is 1. The lowest BCUT2D eigenvalue weighted by atomic mass is 10.1. The summed E-state index contributed by atoms with van der Waals surface area (Å²) in [6, 6.07) is -0.605. The van der Waals surface area contributed by atoms with E-state index < -0.39 is 23.8 Å². The van der Waals surface area contributed by atoms with Crippen LogP contribution in [0, 0.1) is 5.92 Å². The number of nitrogens with zero attached hydrogens (tertiary/aromatic N) is 1. The average molecular weight is 224 g/mol. The van der Waals surface area contributed by atoms with Crippen molar-refractivity contribution in [3.8, 4) is 0 Å². The van der Waals surface area contributed by atoms with Gasteiger partial charge in [-0.2, -0.15) is 0 Å². The molecule has 0 spiro atoms. The Labute approximate surface area is 94.5 Å². The zero-order valence-electron chi connectivity index (χ0n) is 9.36. The Morgan fingerprint density at radius 3 is 2.69 bits per heavy atom. The van der Waals surface area contributed by atoms with E-state index in [-0.39, 0.29) is 0 Å². The fourth-order valence-electron chi connectivity index (χ4n) is 1.50. The molecule has 1 aliphatic rings. The molecular weight excluding hydrogens is 208 g/mol. The second-order valence-corrected chi connectivity index (χ2v) is 3.79. The van der Waals surface area contributed by atoms with E-state index in [4.69, 9.17) is 0 Å². The molecule has 16 heavy (non-hydrogen) atoms. The molecule has 0 bridgehead atoms. The molecule has 1 unspecified atom stereocenters. The van der Waals surface area contributed by atoms with Crippen LogP contribution in [0.4, 0.5) is 4.79 Å². The number of barbiturate groups is 1. The van der Waals surface area contributed by atoms with Crippen molar-refractivity contribution < 1.29 is 14.4 Å². The summed E-state index contributed by atoms with van der Waals surface area (Å²) in [5, 5.41) is 2.16. The predicted octanol–water partition coefficient (Wildman–Crippen LogP) is 1.06. The van der Waals surface area contributed by atoms with E-state index in [9.17, 15) is 14.4 Å². The van der Waals surface area contributed by atoms with E-state index in [1.165, 1.54) is 6.92 Å². The van der Waals surface area contributed by atoms with Crippen LogP contribution in [0.25, 0.3) is 0 Å². The van der Waals surface area contributed by atoms with Crippen molar-refractivity contribution in [3.05, 3.63) is 12.7 Å². The van der Waals surface area contributed by atoms with Crippen LogP contribution in [0.15, 0.2) is 12.7 Å². The number of amides is 4. The third-order valence-corrected chi connectivity index (χ3v) is 2.54. The van der Waals surface area contributed by atoms with Crippen molar-refractivity contribution in [3.63, 3.8) is 0 Å². The van der Waals surface area contributed by atoms with E-state index in [0.29, 0.717) is 6.54 Å². The molecule has 0 aromatic heterocycles. The van der Waals surface area contributed by atoms with Crippen molar-refractivity contribution in [2.24, 2.45) is 5.92 Å². The minimum absolute atomic E-state index is 0.357. The molecule has 1 fully saturated rings. The molecule has 1 atom stereocenters. The van der Waals surface area contributed by atoms with Gasteiger partial charge >= 0.3 is 6.03 Å². The van der Waals surface area contributed by atoms with Gasteiger partial charge in [0.1, 0.15) is 5.92 Å². The summed E-state index contributed by atoms with van der Waals surface area (Å²) in [6.45, 7) is 5.45. The molecule has 0 aliphatic carbocycles.